The molecule has 0 saturated carbocycles. The van der Waals surface area contributed by atoms with Crippen molar-refractivity contribution in [2.75, 3.05) is 25.5 Å². The summed E-state index contributed by atoms with van der Waals surface area (Å²) in [5, 5.41) is 8.41. The first-order chi connectivity index (χ1) is 19.4. The number of pyridine rings is 1. The molecule has 0 aliphatic carbocycles. The SMILES string of the molecule is CCn1c(=O)c(-c2ccc(-c3noc(C)n3)cc2Cl)cc2cnc(Nc3ccc(C4CCN(C)CC4)cc3)nc21. The third-order valence-corrected chi connectivity index (χ3v) is 7.86. The Hall–Kier alpha value is -4.08. The van der Waals surface area contributed by atoms with Crippen LogP contribution in [0.5, 0.6) is 0 Å². The Balaban J connectivity index is 1.28. The summed E-state index contributed by atoms with van der Waals surface area (Å²) in [6.45, 7) is 6.36. The highest BCUT2D eigenvalue weighted by Gasteiger charge is 2.19. The fourth-order valence-corrected chi connectivity index (χ4v) is 5.59. The highest BCUT2D eigenvalue weighted by molar-refractivity contribution is 6.33. The van der Waals surface area contributed by atoms with Gasteiger partial charge in [0.1, 0.15) is 5.65 Å². The molecule has 1 fully saturated rings. The van der Waals surface area contributed by atoms with Crippen LogP contribution in [0.25, 0.3) is 33.5 Å². The van der Waals surface area contributed by atoms with Crippen LogP contribution in [0.3, 0.4) is 0 Å². The first kappa shape index (κ1) is 26.2. The number of rotatable bonds is 6. The van der Waals surface area contributed by atoms with E-state index in [1.807, 2.05) is 13.0 Å². The molecule has 6 rings (SSSR count). The van der Waals surface area contributed by atoms with Gasteiger partial charge in [-0.3, -0.25) is 9.36 Å². The quantitative estimate of drug-likeness (QED) is 0.270. The second-order valence-corrected chi connectivity index (χ2v) is 10.6. The van der Waals surface area contributed by atoms with E-state index < -0.39 is 0 Å². The van der Waals surface area contributed by atoms with E-state index in [2.05, 4.69) is 56.7 Å². The molecule has 0 spiro atoms. The van der Waals surface area contributed by atoms with Gasteiger partial charge in [0.05, 0.1) is 0 Å². The average Bonchev–Trinajstić information content (AvgIpc) is 3.40. The van der Waals surface area contributed by atoms with E-state index in [1.165, 1.54) is 18.4 Å². The first-order valence-electron chi connectivity index (χ1n) is 13.5. The lowest BCUT2D eigenvalue weighted by Gasteiger charge is -2.29. The summed E-state index contributed by atoms with van der Waals surface area (Å²) in [5.41, 5.74) is 4.46. The van der Waals surface area contributed by atoms with E-state index in [0.717, 1.165) is 24.2 Å². The van der Waals surface area contributed by atoms with Gasteiger partial charge in [0, 0.05) is 52.5 Å². The highest BCUT2D eigenvalue weighted by atomic mass is 35.5. The van der Waals surface area contributed by atoms with Gasteiger partial charge in [-0.05, 0) is 75.6 Å². The molecule has 9 nitrogen and oxygen atoms in total. The lowest BCUT2D eigenvalue weighted by atomic mass is 9.89. The van der Waals surface area contributed by atoms with Gasteiger partial charge in [0.15, 0.2) is 0 Å². The van der Waals surface area contributed by atoms with Gasteiger partial charge in [0.25, 0.3) is 5.56 Å². The van der Waals surface area contributed by atoms with Crippen LogP contribution in [0.2, 0.25) is 5.02 Å². The summed E-state index contributed by atoms with van der Waals surface area (Å²) in [7, 11) is 2.18. The van der Waals surface area contributed by atoms with Gasteiger partial charge in [-0.1, -0.05) is 41.0 Å². The number of hydrogen-bond acceptors (Lipinski definition) is 8. The molecule has 0 radical (unpaired) electrons. The number of benzene rings is 2. The Kier molecular flexibility index (Phi) is 7.08. The number of aromatic nitrogens is 5. The second-order valence-electron chi connectivity index (χ2n) is 10.2. The normalized spacial score (nSPS) is 14.6. The minimum absolute atomic E-state index is 0.174. The number of aryl methyl sites for hydroxylation is 2. The predicted octanol–water partition coefficient (Wildman–Crippen LogP) is 6.04. The van der Waals surface area contributed by atoms with Crippen LogP contribution < -0.4 is 10.9 Å². The zero-order chi connectivity index (χ0) is 27.8. The molecule has 1 N–H and O–H groups in total. The molecule has 4 heterocycles. The first-order valence-corrected chi connectivity index (χ1v) is 13.8. The van der Waals surface area contributed by atoms with Gasteiger partial charge in [-0.2, -0.15) is 9.97 Å². The summed E-state index contributed by atoms with van der Waals surface area (Å²) in [4.78, 5) is 29.5. The second kappa shape index (κ2) is 10.8. The third kappa shape index (κ3) is 5.10. The van der Waals surface area contributed by atoms with Gasteiger partial charge in [0.2, 0.25) is 17.7 Å². The van der Waals surface area contributed by atoms with Crippen LogP contribution >= 0.6 is 11.6 Å². The maximum absolute atomic E-state index is 13.6. The molecule has 5 aromatic rings. The molecule has 1 saturated heterocycles. The third-order valence-electron chi connectivity index (χ3n) is 7.55. The number of anilines is 2. The fourth-order valence-electron chi connectivity index (χ4n) is 5.30. The molecular weight excluding hydrogens is 526 g/mol. The lowest BCUT2D eigenvalue weighted by Crippen LogP contribution is -2.29. The van der Waals surface area contributed by atoms with Crippen molar-refractivity contribution in [3.8, 4) is 22.5 Å². The molecule has 0 atom stereocenters. The molecule has 10 heteroatoms. The van der Waals surface area contributed by atoms with E-state index in [0.29, 0.717) is 57.5 Å². The summed E-state index contributed by atoms with van der Waals surface area (Å²) < 4.78 is 6.72. The topological polar surface area (TPSA) is 102 Å². The van der Waals surface area contributed by atoms with Gasteiger partial charge >= 0.3 is 0 Å². The van der Waals surface area contributed by atoms with Gasteiger partial charge in [-0.25, -0.2) is 4.98 Å². The summed E-state index contributed by atoms with van der Waals surface area (Å²) in [6, 6.07) is 15.7. The molecule has 0 bridgehead atoms. The largest absolute Gasteiger partial charge is 0.339 e. The molecule has 204 valence electrons. The van der Waals surface area contributed by atoms with Crippen molar-refractivity contribution in [2.24, 2.45) is 0 Å². The van der Waals surface area contributed by atoms with Crippen molar-refractivity contribution in [3.05, 3.63) is 81.6 Å². The number of nitrogens with one attached hydrogen (secondary N) is 1. The van der Waals surface area contributed by atoms with Crippen LogP contribution in [-0.4, -0.2) is 49.7 Å². The number of nitrogens with zero attached hydrogens (tertiary/aromatic N) is 6. The summed E-state index contributed by atoms with van der Waals surface area (Å²) in [5.74, 6) is 1.95. The maximum atomic E-state index is 13.6. The zero-order valence-electron chi connectivity index (χ0n) is 22.7. The smallest absolute Gasteiger partial charge is 0.260 e. The van der Waals surface area contributed by atoms with Crippen LogP contribution in [0.4, 0.5) is 11.6 Å². The van der Waals surface area contributed by atoms with Crippen molar-refractivity contribution in [2.45, 2.75) is 39.2 Å². The highest BCUT2D eigenvalue weighted by Crippen LogP contribution is 2.32. The van der Waals surface area contributed by atoms with E-state index in [1.54, 1.807) is 35.9 Å². The summed E-state index contributed by atoms with van der Waals surface area (Å²) >= 11 is 6.64. The van der Waals surface area contributed by atoms with Crippen molar-refractivity contribution in [3.63, 3.8) is 0 Å². The molecule has 3 aromatic heterocycles. The van der Waals surface area contributed by atoms with Crippen LogP contribution in [-0.2, 0) is 6.54 Å². The molecule has 1 aliphatic heterocycles. The number of likely N-dealkylation sites (tertiary alicyclic amines) is 1. The molecule has 40 heavy (non-hydrogen) atoms. The molecule has 1 aliphatic rings. The Morgan fingerprint density at radius 2 is 1.82 bits per heavy atom. The molecular formula is C30H30ClN7O2. The average molecular weight is 556 g/mol. The number of piperidine rings is 1. The number of hydrogen-bond donors (Lipinski definition) is 1. The van der Waals surface area contributed by atoms with E-state index >= 15 is 0 Å². The van der Waals surface area contributed by atoms with Crippen molar-refractivity contribution in [1.29, 1.82) is 0 Å². The molecule has 0 amide bonds. The summed E-state index contributed by atoms with van der Waals surface area (Å²) in [6.07, 6.45) is 4.10. The van der Waals surface area contributed by atoms with Crippen molar-refractivity contribution < 1.29 is 4.52 Å². The number of fused-ring (bicyclic) bond motifs is 1. The van der Waals surface area contributed by atoms with E-state index in [4.69, 9.17) is 21.1 Å². The Morgan fingerprint density at radius 3 is 2.50 bits per heavy atom. The molecule has 2 aromatic carbocycles. The minimum atomic E-state index is -0.174. The zero-order valence-corrected chi connectivity index (χ0v) is 23.4. The standard InChI is InChI=1S/C30H30ClN7O2/c1-4-38-28-22(15-25(29(38)39)24-10-7-21(16-26(24)31)27-33-18(2)40-36-27)17-32-30(35-28)34-23-8-5-19(6-9-23)20-11-13-37(3)14-12-20/h5-10,15-17,20H,4,11-14H2,1-3H3,(H,32,34,35). The molecule has 0 unspecified atom stereocenters. The van der Waals surface area contributed by atoms with Crippen LogP contribution in [0.1, 0.15) is 37.1 Å². The van der Waals surface area contributed by atoms with E-state index in [-0.39, 0.29) is 5.56 Å². The van der Waals surface area contributed by atoms with Crippen molar-refractivity contribution >= 4 is 34.3 Å². The number of halogens is 1. The van der Waals surface area contributed by atoms with Crippen LogP contribution in [0.15, 0.2) is 64.0 Å². The minimum Gasteiger partial charge on any atom is -0.339 e. The van der Waals surface area contributed by atoms with E-state index in [9.17, 15) is 4.79 Å². The predicted molar refractivity (Wildman–Crippen MR) is 157 cm³/mol. The fraction of sp³-hybridized carbons (Fsp3) is 0.300. The van der Waals surface area contributed by atoms with Crippen molar-refractivity contribution in [1.82, 2.24) is 29.6 Å². The lowest BCUT2D eigenvalue weighted by molar-refractivity contribution is 0.255. The van der Waals surface area contributed by atoms with Crippen LogP contribution in [0, 0.1) is 6.92 Å². The monoisotopic (exact) mass is 555 g/mol. The Labute approximate surface area is 236 Å². The Morgan fingerprint density at radius 1 is 1.05 bits per heavy atom. The van der Waals surface area contributed by atoms with Gasteiger partial charge in [-0.15, -0.1) is 0 Å². The Bertz CT molecular complexity index is 1740. The maximum Gasteiger partial charge on any atom is 0.260 e. The van der Waals surface area contributed by atoms with Gasteiger partial charge < -0.3 is 14.7 Å².